The number of benzene rings is 2. The molecule has 6 heteroatoms. The zero-order chi connectivity index (χ0) is 19.2. The molecule has 1 saturated heterocycles. The third-order valence-corrected chi connectivity index (χ3v) is 4.64. The number of likely N-dealkylation sites (tertiary alicyclic amines) is 1. The molecule has 1 fully saturated rings. The van der Waals surface area contributed by atoms with Crippen molar-refractivity contribution in [2.75, 3.05) is 26.2 Å². The van der Waals surface area contributed by atoms with E-state index >= 15 is 0 Å². The maximum absolute atomic E-state index is 13.3. The van der Waals surface area contributed by atoms with E-state index in [1.807, 2.05) is 24.0 Å². The smallest absolute Gasteiger partial charge is 0.253 e. The molecule has 1 amide bonds. The Balaban J connectivity index is 1.58. The fraction of sp³-hybridized carbons (Fsp3) is 0.381. The van der Waals surface area contributed by atoms with Gasteiger partial charge in [-0.25, -0.2) is 4.39 Å². The fourth-order valence-electron chi connectivity index (χ4n) is 3.15. The first-order valence-electron chi connectivity index (χ1n) is 9.22. The number of aryl methyl sites for hydroxylation is 1. The first-order valence-corrected chi connectivity index (χ1v) is 9.22. The van der Waals surface area contributed by atoms with Gasteiger partial charge >= 0.3 is 0 Å². The van der Waals surface area contributed by atoms with Crippen LogP contribution in [-0.2, 0) is 0 Å². The lowest BCUT2D eigenvalue weighted by molar-refractivity contribution is 0.0595. The van der Waals surface area contributed by atoms with Crippen LogP contribution in [0, 0.1) is 12.7 Å². The largest absolute Gasteiger partial charge is 0.492 e. The maximum Gasteiger partial charge on any atom is 0.253 e. The van der Waals surface area contributed by atoms with Gasteiger partial charge in [0.05, 0.1) is 0 Å². The first kappa shape index (κ1) is 19.2. The van der Waals surface area contributed by atoms with Crippen molar-refractivity contribution in [1.82, 2.24) is 4.90 Å². The number of hydrogen-bond donors (Lipinski definition) is 1. The number of piperidine rings is 1. The summed E-state index contributed by atoms with van der Waals surface area (Å²) in [6, 6.07) is 11.6. The normalized spacial score (nSPS) is 14.9. The van der Waals surface area contributed by atoms with Gasteiger partial charge in [0.25, 0.3) is 5.91 Å². The highest BCUT2D eigenvalue weighted by Gasteiger charge is 2.25. The van der Waals surface area contributed by atoms with E-state index in [1.54, 1.807) is 18.2 Å². The molecule has 0 aromatic heterocycles. The molecular formula is C21H25FN2O3. The van der Waals surface area contributed by atoms with Gasteiger partial charge in [-0.2, -0.15) is 0 Å². The lowest BCUT2D eigenvalue weighted by atomic mass is 10.0. The molecule has 1 aliphatic rings. The van der Waals surface area contributed by atoms with Crippen LogP contribution in [0.15, 0.2) is 42.5 Å². The van der Waals surface area contributed by atoms with E-state index in [-0.39, 0.29) is 17.8 Å². The molecule has 0 radical (unpaired) electrons. The molecule has 5 nitrogen and oxygen atoms in total. The second kappa shape index (κ2) is 8.86. The molecule has 0 saturated carbocycles. The summed E-state index contributed by atoms with van der Waals surface area (Å²) in [6.07, 6.45) is 1.41. The summed E-state index contributed by atoms with van der Waals surface area (Å²) in [4.78, 5) is 14.6. The fourth-order valence-corrected chi connectivity index (χ4v) is 3.15. The number of carbonyl (C=O) groups is 1. The van der Waals surface area contributed by atoms with Crippen LogP contribution in [0.25, 0.3) is 0 Å². The van der Waals surface area contributed by atoms with Gasteiger partial charge in [0.15, 0.2) is 0 Å². The van der Waals surface area contributed by atoms with Gasteiger partial charge in [-0.15, -0.1) is 0 Å². The van der Waals surface area contributed by atoms with E-state index in [9.17, 15) is 9.18 Å². The Morgan fingerprint density at radius 2 is 2.00 bits per heavy atom. The van der Waals surface area contributed by atoms with Crippen molar-refractivity contribution in [2.45, 2.75) is 25.9 Å². The maximum atomic E-state index is 13.3. The molecule has 2 aromatic carbocycles. The number of nitrogens with two attached hydrogens (primary N) is 1. The van der Waals surface area contributed by atoms with Gasteiger partial charge in [0.1, 0.15) is 30.0 Å². The van der Waals surface area contributed by atoms with E-state index in [1.165, 1.54) is 12.1 Å². The van der Waals surface area contributed by atoms with Crippen LogP contribution >= 0.6 is 0 Å². The molecule has 1 aliphatic heterocycles. The highest BCUT2D eigenvalue weighted by atomic mass is 19.1. The molecule has 2 N–H and O–H groups in total. The van der Waals surface area contributed by atoms with Crippen molar-refractivity contribution >= 4 is 5.91 Å². The van der Waals surface area contributed by atoms with Gasteiger partial charge in [0, 0.05) is 44.1 Å². The number of rotatable bonds is 6. The van der Waals surface area contributed by atoms with Crippen molar-refractivity contribution in [2.24, 2.45) is 5.73 Å². The lowest BCUT2D eigenvalue weighted by Gasteiger charge is -2.32. The quantitative estimate of drug-likeness (QED) is 0.846. The summed E-state index contributed by atoms with van der Waals surface area (Å²) in [7, 11) is 0. The van der Waals surface area contributed by atoms with Crippen LogP contribution in [0.3, 0.4) is 0 Å². The van der Waals surface area contributed by atoms with Crippen molar-refractivity contribution in [3.05, 3.63) is 59.4 Å². The number of hydrogen-bond acceptors (Lipinski definition) is 4. The number of carbonyl (C=O) groups excluding carboxylic acids is 1. The molecule has 2 aromatic rings. The van der Waals surface area contributed by atoms with Crippen molar-refractivity contribution < 1.29 is 18.7 Å². The molecule has 27 heavy (non-hydrogen) atoms. The van der Waals surface area contributed by atoms with Gasteiger partial charge in [0.2, 0.25) is 0 Å². The molecule has 3 rings (SSSR count). The highest BCUT2D eigenvalue weighted by molar-refractivity contribution is 5.94. The standard InChI is InChI=1S/C21H25FN2O3/c1-15-5-6-16(13-20(15)26-12-9-23)21(25)24-10-7-18(8-11-24)27-19-4-2-3-17(22)14-19/h2-6,13-14,18H,7-12,23H2,1H3. The molecule has 0 aliphatic carbocycles. The number of ether oxygens (including phenoxy) is 2. The van der Waals surface area contributed by atoms with E-state index < -0.39 is 0 Å². The van der Waals surface area contributed by atoms with Crippen molar-refractivity contribution in [3.63, 3.8) is 0 Å². The first-order chi connectivity index (χ1) is 13.1. The molecule has 0 spiro atoms. The SMILES string of the molecule is Cc1ccc(C(=O)N2CCC(Oc3cccc(F)c3)CC2)cc1OCCN. The number of amides is 1. The molecule has 0 unspecified atom stereocenters. The van der Waals surface area contributed by atoms with E-state index in [0.29, 0.717) is 56.1 Å². The lowest BCUT2D eigenvalue weighted by Crippen LogP contribution is -2.41. The summed E-state index contributed by atoms with van der Waals surface area (Å²) in [5.74, 6) is 0.888. The number of nitrogens with zero attached hydrogens (tertiary/aromatic N) is 1. The Kier molecular flexibility index (Phi) is 6.29. The van der Waals surface area contributed by atoms with Gasteiger partial charge in [-0.05, 0) is 36.8 Å². The third-order valence-electron chi connectivity index (χ3n) is 4.64. The van der Waals surface area contributed by atoms with Gasteiger partial charge < -0.3 is 20.1 Å². The van der Waals surface area contributed by atoms with E-state index in [2.05, 4.69) is 0 Å². The van der Waals surface area contributed by atoms with Gasteiger partial charge in [-0.1, -0.05) is 12.1 Å². The Bertz CT molecular complexity index is 789. The zero-order valence-electron chi connectivity index (χ0n) is 15.5. The minimum Gasteiger partial charge on any atom is -0.492 e. The molecule has 0 atom stereocenters. The van der Waals surface area contributed by atoms with Crippen LogP contribution < -0.4 is 15.2 Å². The van der Waals surface area contributed by atoms with Crippen molar-refractivity contribution in [3.8, 4) is 11.5 Å². The predicted molar refractivity (Wildman–Crippen MR) is 102 cm³/mol. The average Bonchev–Trinajstić information content (AvgIpc) is 2.67. The Morgan fingerprint density at radius 3 is 2.70 bits per heavy atom. The average molecular weight is 372 g/mol. The van der Waals surface area contributed by atoms with E-state index in [4.69, 9.17) is 15.2 Å². The second-order valence-electron chi connectivity index (χ2n) is 6.68. The summed E-state index contributed by atoms with van der Waals surface area (Å²) in [6.45, 7) is 3.99. The Labute approximate surface area is 158 Å². The van der Waals surface area contributed by atoms with Crippen LogP contribution in [0.4, 0.5) is 4.39 Å². The van der Waals surface area contributed by atoms with E-state index in [0.717, 1.165) is 5.56 Å². The van der Waals surface area contributed by atoms with Gasteiger partial charge in [-0.3, -0.25) is 4.79 Å². The Morgan fingerprint density at radius 1 is 1.22 bits per heavy atom. The summed E-state index contributed by atoms with van der Waals surface area (Å²) < 4.78 is 24.7. The van der Waals surface area contributed by atoms with Crippen LogP contribution in [-0.4, -0.2) is 43.2 Å². The Hall–Kier alpha value is -2.60. The summed E-state index contributed by atoms with van der Waals surface area (Å²) >= 11 is 0. The topological polar surface area (TPSA) is 64.8 Å². The summed E-state index contributed by atoms with van der Waals surface area (Å²) in [5, 5.41) is 0. The molecule has 1 heterocycles. The molecule has 0 bridgehead atoms. The predicted octanol–water partition coefficient (Wildman–Crippen LogP) is 3.16. The highest BCUT2D eigenvalue weighted by Crippen LogP contribution is 2.23. The second-order valence-corrected chi connectivity index (χ2v) is 6.68. The monoisotopic (exact) mass is 372 g/mol. The van der Waals surface area contributed by atoms with Crippen LogP contribution in [0.5, 0.6) is 11.5 Å². The summed E-state index contributed by atoms with van der Waals surface area (Å²) in [5.41, 5.74) is 7.07. The van der Waals surface area contributed by atoms with Crippen LogP contribution in [0.1, 0.15) is 28.8 Å². The minimum atomic E-state index is -0.313. The number of halogens is 1. The van der Waals surface area contributed by atoms with Crippen LogP contribution in [0.2, 0.25) is 0 Å². The minimum absolute atomic E-state index is 0.0164. The third kappa shape index (κ3) is 4.98. The van der Waals surface area contributed by atoms with Crippen molar-refractivity contribution in [1.29, 1.82) is 0 Å². The molecule has 144 valence electrons. The zero-order valence-corrected chi connectivity index (χ0v) is 15.5. The molecular weight excluding hydrogens is 347 g/mol.